The summed E-state index contributed by atoms with van der Waals surface area (Å²) in [5.41, 5.74) is 2.25. The Balaban J connectivity index is 1.51. The van der Waals surface area contributed by atoms with Gasteiger partial charge in [0, 0.05) is 5.56 Å². The molecule has 5 nitrogen and oxygen atoms in total. The van der Waals surface area contributed by atoms with Crippen LogP contribution < -0.4 is 15.0 Å². The summed E-state index contributed by atoms with van der Waals surface area (Å²) in [7, 11) is 1.59. The highest BCUT2D eigenvalue weighted by molar-refractivity contribution is 9.10. The molecule has 0 amide bonds. The minimum atomic E-state index is -0.183. The third-order valence-electron chi connectivity index (χ3n) is 5.37. The van der Waals surface area contributed by atoms with Crippen molar-refractivity contribution in [3.63, 3.8) is 0 Å². The predicted octanol–water partition coefficient (Wildman–Crippen LogP) is 6.09. The van der Waals surface area contributed by atoms with Crippen LogP contribution in [-0.4, -0.2) is 17.1 Å². The summed E-state index contributed by atoms with van der Waals surface area (Å²) in [6, 6.07) is 25.3. The van der Waals surface area contributed by atoms with Crippen molar-refractivity contribution < 1.29 is 9.47 Å². The second-order valence-corrected chi connectivity index (χ2v) is 8.20. The zero-order valence-corrected chi connectivity index (χ0v) is 18.8. The van der Waals surface area contributed by atoms with E-state index in [1.165, 1.54) is 5.39 Å². The number of nitrogens with one attached hydrogen (secondary N) is 1. The number of para-hydroxylation sites is 1. The summed E-state index contributed by atoms with van der Waals surface area (Å²) < 4.78 is 12.5. The van der Waals surface area contributed by atoms with E-state index in [1.54, 1.807) is 13.2 Å². The van der Waals surface area contributed by atoms with E-state index in [1.807, 2.05) is 48.5 Å². The number of benzene rings is 4. The molecule has 0 saturated carbocycles. The van der Waals surface area contributed by atoms with Crippen molar-refractivity contribution in [3.05, 3.63) is 99.3 Å². The van der Waals surface area contributed by atoms with E-state index in [0.717, 1.165) is 10.9 Å². The number of rotatable bonds is 5. The van der Waals surface area contributed by atoms with Gasteiger partial charge in [0.1, 0.15) is 12.4 Å². The fourth-order valence-corrected chi connectivity index (χ4v) is 4.34. The lowest BCUT2D eigenvalue weighted by Gasteiger charge is -2.15. The molecule has 5 rings (SSSR count). The van der Waals surface area contributed by atoms with Crippen LogP contribution in [0.4, 0.5) is 0 Å². The molecule has 0 aliphatic carbocycles. The third kappa shape index (κ3) is 3.74. The molecule has 5 aromatic rings. The summed E-state index contributed by atoms with van der Waals surface area (Å²) in [5.74, 6) is 1.60. The van der Waals surface area contributed by atoms with Crippen molar-refractivity contribution in [2.24, 2.45) is 0 Å². The lowest BCUT2D eigenvalue weighted by molar-refractivity contribution is 0.284. The van der Waals surface area contributed by atoms with Gasteiger partial charge in [0.2, 0.25) is 0 Å². The number of aromatic amines is 1. The minimum absolute atomic E-state index is 0.183. The second-order valence-electron chi connectivity index (χ2n) is 7.35. The minimum Gasteiger partial charge on any atom is -0.493 e. The SMILES string of the molecule is COc1cc(-c2nc3ccccc3c(=O)[nH]2)cc(Br)c1OCc1cccc2ccccc12. The van der Waals surface area contributed by atoms with Gasteiger partial charge in [-0.05, 0) is 56.5 Å². The Bertz CT molecular complexity index is 1510. The Hall–Kier alpha value is -3.64. The van der Waals surface area contributed by atoms with Crippen LogP contribution in [0.5, 0.6) is 11.5 Å². The smallest absolute Gasteiger partial charge is 0.259 e. The first-order chi connectivity index (χ1) is 15.6. The van der Waals surface area contributed by atoms with Gasteiger partial charge in [0.25, 0.3) is 5.56 Å². The van der Waals surface area contributed by atoms with Crippen LogP contribution >= 0.6 is 15.9 Å². The second kappa shape index (κ2) is 8.48. The molecule has 32 heavy (non-hydrogen) atoms. The monoisotopic (exact) mass is 486 g/mol. The highest BCUT2D eigenvalue weighted by Crippen LogP contribution is 2.39. The number of aromatic nitrogens is 2. The summed E-state index contributed by atoms with van der Waals surface area (Å²) in [6.07, 6.45) is 0. The van der Waals surface area contributed by atoms with E-state index in [4.69, 9.17) is 9.47 Å². The fourth-order valence-electron chi connectivity index (χ4n) is 3.79. The van der Waals surface area contributed by atoms with Gasteiger partial charge in [-0.3, -0.25) is 4.79 Å². The van der Waals surface area contributed by atoms with Crippen LogP contribution in [0.1, 0.15) is 5.56 Å². The molecule has 0 unspecified atom stereocenters. The van der Waals surface area contributed by atoms with Crippen molar-refractivity contribution in [1.29, 1.82) is 0 Å². The average Bonchev–Trinajstić information content (AvgIpc) is 2.82. The topological polar surface area (TPSA) is 64.2 Å². The fraction of sp³-hybridized carbons (Fsp3) is 0.0769. The Labute approximate surface area is 192 Å². The van der Waals surface area contributed by atoms with E-state index in [-0.39, 0.29) is 5.56 Å². The number of ether oxygens (including phenoxy) is 2. The number of halogens is 1. The first-order valence-electron chi connectivity index (χ1n) is 10.1. The van der Waals surface area contributed by atoms with Gasteiger partial charge < -0.3 is 14.5 Å². The van der Waals surface area contributed by atoms with E-state index >= 15 is 0 Å². The van der Waals surface area contributed by atoms with Crippen LogP contribution in [-0.2, 0) is 6.61 Å². The predicted molar refractivity (Wildman–Crippen MR) is 130 cm³/mol. The molecule has 0 saturated heterocycles. The van der Waals surface area contributed by atoms with Crippen molar-refractivity contribution in [2.45, 2.75) is 6.61 Å². The number of H-pyrrole nitrogens is 1. The number of methoxy groups -OCH3 is 1. The molecule has 1 N–H and O–H groups in total. The molecule has 1 heterocycles. The largest absolute Gasteiger partial charge is 0.493 e. The molecule has 0 spiro atoms. The molecule has 0 atom stereocenters. The zero-order valence-electron chi connectivity index (χ0n) is 17.3. The number of fused-ring (bicyclic) bond motifs is 2. The Kier molecular flexibility index (Phi) is 5.37. The quantitative estimate of drug-likeness (QED) is 0.326. The zero-order chi connectivity index (χ0) is 22.1. The third-order valence-corrected chi connectivity index (χ3v) is 5.96. The van der Waals surface area contributed by atoms with Crippen LogP contribution in [0.2, 0.25) is 0 Å². The van der Waals surface area contributed by atoms with E-state index < -0.39 is 0 Å². The van der Waals surface area contributed by atoms with Crippen molar-refractivity contribution >= 4 is 37.6 Å². The summed E-state index contributed by atoms with van der Waals surface area (Å²) in [6.45, 7) is 0.390. The average molecular weight is 487 g/mol. The van der Waals surface area contributed by atoms with Gasteiger partial charge in [-0.2, -0.15) is 0 Å². The highest BCUT2D eigenvalue weighted by Gasteiger charge is 2.15. The van der Waals surface area contributed by atoms with Gasteiger partial charge >= 0.3 is 0 Å². The Morgan fingerprint density at radius 3 is 2.53 bits per heavy atom. The maximum absolute atomic E-state index is 12.5. The van der Waals surface area contributed by atoms with Crippen LogP contribution in [0, 0.1) is 0 Å². The molecule has 6 heteroatoms. The summed E-state index contributed by atoms with van der Waals surface area (Å²) in [4.78, 5) is 19.9. The molecule has 0 aliphatic heterocycles. The first kappa shape index (κ1) is 20.3. The van der Waals surface area contributed by atoms with Crippen LogP contribution in [0.3, 0.4) is 0 Å². The van der Waals surface area contributed by atoms with Crippen LogP contribution in [0.25, 0.3) is 33.1 Å². The maximum Gasteiger partial charge on any atom is 0.259 e. The van der Waals surface area contributed by atoms with Crippen LogP contribution in [0.15, 0.2) is 88.1 Å². The Morgan fingerprint density at radius 1 is 0.938 bits per heavy atom. The summed E-state index contributed by atoms with van der Waals surface area (Å²) >= 11 is 3.60. The number of nitrogens with zero attached hydrogens (tertiary/aromatic N) is 1. The Morgan fingerprint density at radius 2 is 1.69 bits per heavy atom. The van der Waals surface area contributed by atoms with E-state index in [2.05, 4.69) is 50.2 Å². The van der Waals surface area contributed by atoms with Gasteiger partial charge in [0.15, 0.2) is 11.5 Å². The van der Waals surface area contributed by atoms with Gasteiger partial charge in [-0.15, -0.1) is 0 Å². The van der Waals surface area contributed by atoms with Gasteiger partial charge in [0.05, 0.1) is 22.5 Å². The van der Waals surface area contributed by atoms with Crippen molar-refractivity contribution in [1.82, 2.24) is 9.97 Å². The van der Waals surface area contributed by atoms with E-state index in [0.29, 0.717) is 44.9 Å². The van der Waals surface area contributed by atoms with Crippen molar-refractivity contribution in [2.75, 3.05) is 7.11 Å². The number of hydrogen-bond donors (Lipinski definition) is 1. The molecule has 0 radical (unpaired) electrons. The van der Waals surface area contributed by atoms with Crippen molar-refractivity contribution in [3.8, 4) is 22.9 Å². The molecule has 4 aromatic carbocycles. The van der Waals surface area contributed by atoms with Gasteiger partial charge in [-0.1, -0.05) is 54.6 Å². The molecular formula is C26H19BrN2O3. The summed E-state index contributed by atoms with van der Waals surface area (Å²) in [5, 5.41) is 2.87. The lowest BCUT2D eigenvalue weighted by atomic mass is 10.1. The highest BCUT2D eigenvalue weighted by atomic mass is 79.9. The molecule has 158 valence electrons. The molecule has 0 bridgehead atoms. The number of hydrogen-bond acceptors (Lipinski definition) is 4. The first-order valence-corrected chi connectivity index (χ1v) is 10.9. The molecule has 1 aromatic heterocycles. The standard InChI is InChI=1S/C26H19BrN2O3/c1-31-23-14-18(25-28-22-12-5-4-11-20(22)26(30)29-25)13-21(27)24(23)32-15-17-9-6-8-16-7-2-3-10-19(16)17/h2-14H,15H2,1H3,(H,28,29,30). The molecular weight excluding hydrogens is 468 g/mol. The molecule has 0 aliphatic rings. The van der Waals surface area contributed by atoms with Gasteiger partial charge in [-0.25, -0.2) is 4.98 Å². The normalized spacial score (nSPS) is 11.1. The van der Waals surface area contributed by atoms with E-state index in [9.17, 15) is 4.79 Å². The molecule has 0 fully saturated rings. The lowest BCUT2D eigenvalue weighted by Crippen LogP contribution is -2.09. The maximum atomic E-state index is 12.5.